The second-order valence-corrected chi connectivity index (χ2v) is 10.2. The molecule has 40 heavy (non-hydrogen) atoms. The van der Waals surface area contributed by atoms with Gasteiger partial charge in [0.2, 0.25) is 5.13 Å². The van der Waals surface area contributed by atoms with Crippen molar-refractivity contribution in [1.29, 1.82) is 0 Å². The molecule has 14 heteroatoms. The first-order chi connectivity index (χ1) is 19.2. The quantitative estimate of drug-likeness (QED) is 0.321. The molecule has 202 valence electrons. The SMILES string of the molecule is Cc1nnc(N=c2ncc3cc(-c4cc(NC(=O)c5cc(C(F)(F)F)ccn5)ccc4C)c4n(c-3n2)CCN4)s1. The van der Waals surface area contributed by atoms with Gasteiger partial charge in [0.15, 0.2) is 0 Å². The molecule has 10 nitrogen and oxygen atoms in total. The average molecular weight is 564 g/mol. The lowest BCUT2D eigenvalue weighted by molar-refractivity contribution is -0.137. The molecule has 0 atom stereocenters. The molecule has 0 spiro atoms. The third kappa shape index (κ3) is 4.88. The standard InChI is InChI=1S/C26H20F3N9OS/c1-13-3-4-17(33-23(39)20-10-16(5-6-30-20)26(27,28)29)11-18(13)19-9-15-12-32-24(35-25-37-36-14(2)40-25)34-21(15)38-8-7-31-22(19)38/h3-6,9-12,31H,7-8H2,1-2H3,(H,33,39). The number of hydrogen-bond acceptors (Lipinski definition) is 9. The fourth-order valence-electron chi connectivity index (χ4n) is 4.45. The van der Waals surface area contributed by atoms with Gasteiger partial charge in [0.1, 0.15) is 22.3 Å². The van der Waals surface area contributed by atoms with Gasteiger partial charge in [-0.2, -0.15) is 23.1 Å². The van der Waals surface area contributed by atoms with Gasteiger partial charge in [0.25, 0.3) is 11.5 Å². The number of anilines is 2. The van der Waals surface area contributed by atoms with Crippen LogP contribution in [-0.2, 0) is 12.7 Å². The Morgan fingerprint density at radius 2 is 1.95 bits per heavy atom. The Morgan fingerprint density at radius 1 is 1.10 bits per heavy atom. The Bertz CT molecular complexity index is 1810. The van der Waals surface area contributed by atoms with Crippen LogP contribution in [0.2, 0.25) is 0 Å². The lowest BCUT2D eigenvalue weighted by atomic mass is 9.98. The second kappa shape index (κ2) is 9.79. The summed E-state index contributed by atoms with van der Waals surface area (Å²) >= 11 is 1.35. The fourth-order valence-corrected chi connectivity index (χ4v) is 5.01. The summed E-state index contributed by atoms with van der Waals surface area (Å²) in [4.78, 5) is 30.0. The molecular formula is C26H20F3N9OS. The zero-order valence-corrected chi connectivity index (χ0v) is 21.9. The lowest BCUT2D eigenvalue weighted by Crippen LogP contribution is -2.17. The molecule has 0 saturated heterocycles. The van der Waals surface area contributed by atoms with Gasteiger partial charge in [-0.1, -0.05) is 17.4 Å². The van der Waals surface area contributed by atoms with Gasteiger partial charge in [-0.25, -0.2) is 4.98 Å². The van der Waals surface area contributed by atoms with Gasteiger partial charge in [-0.3, -0.25) is 9.78 Å². The molecule has 1 aromatic carbocycles. The van der Waals surface area contributed by atoms with Gasteiger partial charge in [-0.15, -0.1) is 10.2 Å². The zero-order valence-electron chi connectivity index (χ0n) is 21.1. The number of rotatable bonds is 4. The first-order valence-corrected chi connectivity index (χ1v) is 12.9. The maximum atomic E-state index is 13.1. The van der Waals surface area contributed by atoms with Crippen molar-refractivity contribution in [3.8, 4) is 22.5 Å². The molecule has 0 aliphatic carbocycles. The largest absolute Gasteiger partial charge is 0.416 e. The number of carbonyl (C=O) groups excluding carboxylic acids is 1. The van der Waals surface area contributed by atoms with Gasteiger partial charge in [0.05, 0.1) is 5.56 Å². The molecule has 3 aliphatic heterocycles. The van der Waals surface area contributed by atoms with Crippen molar-refractivity contribution in [2.45, 2.75) is 26.6 Å². The number of hydrogen-bond donors (Lipinski definition) is 2. The highest BCUT2D eigenvalue weighted by molar-refractivity contribution is 7.14. The van der Waals surface area contributed by atoms with Crippen molar-refractivity contribution < 1.29 is 18.0 Å². The zero-order chi connectivity index (χ0) is 28.0. The van der Waals surface area contributed by atoms with Crippen molar-refractivity contribution in [1.82, 2.24) is 29.7 Å². The molecule has 3 aliphatic rings. The summed E-state index contributed by atoms with van der Waals surface area (Å²) in [5.41, 5.74) is 2.84. The Balaban J connectivity index is 1.37. The fraction of sp³-hybridized carbons (Fsp3) is 0.192. The van der Waals surface area contributed by atoms with E-state index in [2.05, 4.69) is 40.8 Å². The number of aromatic nitrogens is 6. The van der Waals surface area contributed by atoms with Gasteiger partial charge >= 0.3 is 6.18 Å². The molecule has 0 bridgehead atoms. The van der Waals surface area contributed by atoms with Crippen LogP contribution in [0.5, 0.6) is 0 Å². The normalized spacial score (nSPS) is 13.4. The minimum absolute atomic E-state index is 0.280. The van der Waals surface area contributed by atoms with Gasteiger partial charge in [0, 0.05) is 42.3 Å². The van der Waals surface area contributed by atoms with E-state index < -0.39 is 17.6 Å². The van der Waals surface area contributed by atoms with Crippen LogP contribution in [0.25, 0.3) is 22.5 Å². The highest BCUT2D eigenvalue weighted by Crippen LogP contribution is 2.39. The van der Waals surface area contributed by atoms with E-state index in [1.165, 1.54) is 11.3 Å². The third-order valence-electron chi connectivity index (χ3n) is 6.31. The predicted molar refractivity (Wildman–Crippen MR) is 142 cm³/mol. The van der Waals surface area contributed by atoms with Crippen molar-refractivity contribution >= 4 is 33.9 Å². The average Bonchev–Trinajstić information content (AvgIpc) is 3.58. The van der Waals surface area contributed by atoms with Crippen molar-refractivity contribution in [3.63, 3.8) is 0 Å². The molecule has 0 fully saturated rings. The Labute approximate surface area is 229 Å². The number of amides is 1. The van der Waals surface area contributed by atoms with Crippen LogP contribution in [-0.4, -0.2) is 42.2 Å². The van der Waals surface area contributed by atoms with Crippen LogP contribution >= 0.6 is 11.3 Å². The highest BCUT2D eigenvalue weighted by Gasteiger charge is 2.31. The van der Waals surface area contributed by atoms with Crippen molar-refractivity contribution in [2.75, 3.05) is 17.2 Å². The van der Waals surface area contributed by atoms with Gasteiger partial charge in [-0.05, 0) is 55.3 Å². The maximum Gasteiger partial charge on any atom is 0.416 e. The molecule has 2 N–H and O–H groups in total. The molecule has 1 amide bonds. The second-order valence-electron chi connectivity index (χ2n) is 9.06. The molecule has 0 saturated carbocycles. The summed E-state index contributed by atoms with van der Waals surface area (Å²) in [5.74, 6) is 0.805. The monoisotopic (exact) mass is 563 g/mol. The topological polar surface area (TPSA) is 123 Å². The van der Waals surface area contributed by atoms with E-state index in [4.69, 9.17) is 0 Å². The molecule has 0 radical (unpaired) electrons. The number of alkyl halides is 3. The molecular weight excluding hydrogens is 543 g/mol. The van der Waals surface area contributed by atoms with E-state index in [0.717, 1.165) is 51.4 Å². The maximum absolute atomic E-state index is 13.1. The summed E-state index contributed by atoms with van der Waals surface area (Å²) in [6.45, 7) is 5.14. The summed E-state index contributed by atoms with van der Waals surface area (Å²) in [5, 5.41) is 15.3. The van der Waals surface area contributed by atoms with Crippen LogP contribution in [0, 0.1) is 13.8 Å². The number of aryl methyl sites for hydroxylation is 2. The predicted octanol–water partition coefficient (Wildman–Crippen LogP) is 4.84. The highest BCUT2D eigenvalue weighted by atomic mass is 32.1. The van der Waals surface area contributed by atoms with Crippen LogP contribution in [0.1, 0.15) is 26.6 Å². The van der Waals surface area contributed by atoms with E-state index in [0.29, 0.717) is 29.7 Å². The van der Waals surface area contributed by atoms with Crippen LogP contribution < -0.4 is 16.3 Å². The first kappa shape index (κ1) is 25.6. The van der Waals surface area contributed by atoms with E-state index in [9.17, 15) is 18.0 Å². The number of nitrogens with one attached hydrogen (secondary N) is 2. The number of benzene rings is 1. The number of fused-ring (bicyclic) bond motifs is 3. The van der Waals surface area contributed by atoms with Crippen LogP contribution in [0.3, 0.4) is 0 Å². The Hall–Kier alpha value is -4.72. The van der Waals surface area contributed by atoms with E-state index in [1.54, 1.807) is 18.3 Å². The van der Waals surface area contributed by atoms with E-state index in [1.807, 2.05) is 30.5 Å². The summed E-state index contributed by atoms with van der Waals surface area (Å²) < 4.78 is 41.3. The van der Waals surface area contributed by atoms with E-state index in [-0.39, 0.29) is 11.3 Å². The summed E-state index contributed by atoms with van der Waals surface area (Å²) in [6, 6.07) is 8.82. The molecule has 5 heterocycles. The Morgan fingerprint density at radius 3 is 2.73 bits per heavy atom. The summed E-state index contributed by atoms with van der Waals surface area (Å²) in [7, 11) is 0. The van der Waals surface area contributed by atoms with Crippen molar-refractivity contribution in [3.05, 3.63) is 76.2 Å². The minimum Gasteiger partial charge on any atom is -0.369 e. The Kier molecular flexibility index (Phi) is 6.25. The molecule has 3 aromatic rings. The number of halogens is 3. The lowest BCUT2D eigenvalue weighted by Gasteiger charge is -2.19. The van der Waals surface area contributed by atoms with E-state index >= 15 is 0 Å². The van der Waals surface area contributed by atoms with Crippen LogP contribution in [0.15, 0.2) is 53.8 Å². The minimum atomic E-state index is -4.58. The third-order valence-corrected chi connectivity index (χ3v) is 7.04. The molecule has 2 aromatic heterocycles. The first-order valence-electron chi connectivity index (χ1n) is 12.1. The van der Waals surface area contributed by atoms with Gasteiger partial charge < -0.3 is 15.2 Å². The van der Waals surface area contributed by atoms with Crippen LogP contribution in [0.4, 0.5) is 29.8 Å². The smallest absolute Gasteiger partial charge is 0.369 e. The molecule has 0 unspecified atom stereocenters. The number of pyridine rings is 2. The number of nitrogens with zero attached hydrogens (tertiary/aromatic N) is 7. The molecule has 6 rings (SSSR count). The number of carbonyl (C=O) groups is 1. The van der Waals surface area contributed by atoms with Crippen molar-refractivity contribution in [2.24, 2.45) is 4.99 Å². The summed E-state index contributed by atoms with van der Waals surface area (Å²) in [6.07, 6.45) is -1.91.